The number of pyridine rings is 1. The summed E-state index contributed by atoms with van der Waals surface area (Å²) in [5.74, 6) is 1.75. The highest BCUT2D eigenvalue weighted by Crippen LogP contribution is 2.50. The summed E-state index contributed by atoms with van der Waals surface area (Å²) >= 11 is 0. The molecule has 4 heteroatoms. The first-order chi connectivity index (χ1) is 23.0. The van der Waals surface area contributed by atoms with Crippen LogP contribution in [-0.2, 0) is 17.6 Å². The summed E-state index contributed by atoms with van der Waals surface area (Å²) in [6, 6.07) is 12.4. The number of allylic oxidation sites excluding steroid dienone is 8. The van der Waals surface area contributed by atoms with Crippen LogP contribution in [0.5, 0.6) is 0 Å². The highest BCUT2D eigenvalue weighted by molar-refractivity contribution is 6.06. The topological polar surface area (TPSA) is 51.5 Å². The molecule has 2 fully saturated rings. The van der Waals surface area contributed by atoms with Crippen LogP contribution in [0.3, 0.4) is 0 Å². The Hall–Kier alpha value is -4.27. The van der Waals surface area contributed by atoms with E-state index in [4.69, 9.17) is 9.73 Å². The minimum atomic E-state index is -0.244. The molecule has 7 rings (SSSR count). The molecular formula is C43H46N2O2. The van der Waals surface area contributed by atoms with Crippen molar-refractivity contribution in [3.63, 3.8) is 0 Å². The van der Waals surface area contributed by atoms with Crippen molar-refractivity contribution in [1.82, 2.24) is 4.98 Å². The number of hydrogen-bond acceptors (Lipinski definition) is 4. The van der Waals surface area contributed by atoms with Crippen LogP contribution in [0.2, 0.25) is 0 Å². The van der Waals surface area contributed by atoms with E-state index in [1.165, 1.54) is 22.3 Å². The predicted molar refractivity (Wildman–Crippen MR) is 191 cm³/mol. The minimum absolute atomic E-state index is 0.244. The first kappa shape index (κ1) is 31.3. The van der Waals surface area contributed by atoms with Gasteiger partial charge in [-0.2, -0.15) is 0 Å². The Labute approximate surface area is 280 Å². The second-order valence-corrected chi connectivity index (χ2v) is 13.9. The largest absolute Gasteiger partial charge is 0.498 e. The van der Waals surface area contributed by atoms with Crippen LogP contribution >= 0.6 is 0 Å². The summed E-state index contributed by atoms with van der Waals surface area (Å²) in [6.07, 6.45) is 24.0. The smallest absolute Gasteiger partial charge is 0.169 e. The number of aryl methyl sites for hydroxylation is 1. The van der Waals surface area contributed by atoms with Gasteiger partial charge in [-0.3, -0.25) is 14.8 Å². The number of carbonyl (C=O) groups excluding carboxylic acids is 1. The third kappa shape index (κ3) is 6.49. The maximum atomic E-state index is 13.6. The summed E-state index contributed by atoms with van der Waals surface area (Å²) in [5.41, 5.74) is 14.5. The molecule has 0 radical (unpaired) electrons. The molecule has 1 saturated carbocycles. The fraction of sp³-hybridized carbons (Fsp3) is 0.395. The van der Waals surface area contributed by atoms with Crippen LogP contribution in [0.15, 0.2) is 118 Å². The van der Waals surface area contributed by atoms with Crippen molar-refractivity contribution in [3.05, 3.63) is 136 Å². The van der Waals surface area contributed by atoms with E-state index in [1.807, 2.05) is 30.5 Å². The van der Waals surface area contributed by atoms with Crippen LogP contribution in [0.25, 0.3) is 6.08 Å². The van der Waals surface area contributed by atoms with Gasteiger partial charge in [0, 0.05) is 46.5 Å². The summed E-state index contributed by atoms with van der Waals surface area (Å²) in [6.45, 7) is 9.62. The molecule has 2 aromatic rings. The lowest BCUT2D eigenvalue weighted by molar-refractivity contribution is 0.0720. The van der Waals surface area contributed by atoms with E-state index in [0.717, 1.165) is 136 Å². The Kier molecular flexibility index (Phi) is 9.23. The molecule has 0 amide bonds. The number of ketones is 1. The Morgan fingerprint density at radius 2 is 1.87 bits per heavy atom. The molecule has 0 atom stereocenters. The molecule has 3 aliphatic carbocycles. The minimum Gasteiger partial charge on any atom is -0.498 e. The van der Waals surface area contributed by atoms with Crippen LogP contribution in [0, 0.1) is 11.3 Å². The standard InChI is InChI=1S/C43H46N2O2/c1-3-31(41-19-8-9-27-47-41)20-21-40-36(30(2)33-12-5-7-17-38-34(28-33)14-11-26-44-38)16-10-18-39(45-40)32-22-24-43(25-23-32)29-35-13-4-6-15-37(35)42(43)46/h3-4,6,10-11,13-15,18,26,28,32H,1-2,5,7-9,12,17,19-25,27,29H2/b33-28-,41-31+. The number of rotatable bonds is 7. The van der Waals surface area contributed by atoms with Gasteiger partial charge in [0.1, 0.15) is 0 Å². The van der Waals surface area contributed by atoms with Gasteiger partial charge in [0.25, 0.3) is 0 Å². The Balaban J connectivity index is 1.16. The van der Waals surface area contributed by atoms with E-state index in [2.05, 4.69) is 60.3 Å². The maximum absolute atomic E-state index is 13.6. The van der Waals surface area contributed by atoms with Crippen molar-refractivity contribution in [3.8, 4) is 0 Å². The molecule has 0 unspecified atom stereocenters. The fourth-order valence-corrected chi connectivity index (χ4v) is 8.28. The van der Waals surface area contributed by atoms with Gasteiger partial charge in [0.2, 0.25) is 0 Å². The molecule has 0 bridgehead atoms. The number of hydrogen-bond donors (Lipinski definition) is 0. The number of fused-ring (bicyclic) bond motifs is 2. The lowest BCUT2D eigenvalue weighted by Gasteiger charge is -2.36. The van der Waals surface area contributed by atoms with Crippen molar-refractivity contribution in [2.45, 2.75) is 89.9 Å². The van der Waals surface area contributed by atoms with E-state index in [-0.39, 0.29) is 5.41 Å². The fourth-order valence-electron chi connectivity index (χ4n) is 8.28. The van der Waals surface area contributed by atoms with Gasteiger partial charge in [-0.1, -0.05) is 49.6 Å². The van der Waals surface area contributed by atoms with Gasteiger partial charge < -0.3 is 4.74 Å². The van der Waals surface area contributed by atoms with Crippen molar-refractivity contribution in [2.75, 3.05) is 6.61 Å². The predicted octanol–water partition coefficient (Wildman–Crippen LogP) is 10.2. The van der Waals surface area contributed by atoms with Crippen LogP contribution in [0.4, 0.5) is 0 Å². The molecule has 1 spiro atoms. The third-order valence-corrected chi connectivity index (χ3v) is 11.0. The van der Waals surface area contributed by atoms with Gasteiger partial charge in [0.15, 0.2) is 5.78 Å². The van der Waals surface area contributed by atoms with Gasteiger partial charge in [-0.25, -0.2) is 0 Å². The first-order valence-electron chi connectivity index (χ1n) is 17.7. The van der Waals surface area contributed by atoms with Crippen LogP contribution < -0.4 is 0 Å². The van der Waals surface area contributed by atoms with E-state index in [9.17, 15) is 4.79 Å². The lowest BCUT2D eigenvalue weighted by Crippen LogP contribution is -2.33. The summed E-state index contributed by atoms with van der Waals surface area (Å²) in [4.78, 5) is 23.7. The number of Topliss-reactive ketones (excluding diaryl/α,β-unsaturated/α-hetero) is 1. The molecule has 47 heavy (non-hydrogen) atoms. The van der Waals surface area contributed by atoms with E-state index < -0.39 is 0 Å². The molecule has 1 aromatic carbocycles. The first-order valence-corrected chi connectivity index (χ1v) is 17.7. The molecule has 5 aliphatic rings. The van der Waals surface area contributed by atoms with Gasteiger partial charge in [-0.15, -0.1) is 5.73 Å². The Morgan fingerprint density at radius 3 is 2.68 bits per heavy atom. The average Bonchev–Trinajstić information content (AvgIpc) is 3.22. The molecule has 1 saturated heterocycles. The SMILES string of the molecule is C=C/C(CCC1=NC(C2CCC3(CC2)Cc2ccccc2C3=O)=CC=C=C1C(=C)/C1=C\c2cccnc2CCCC1)=C1/CCCCO1. The van der Waals surface area contributed by atoms with Gasteiger partial charge >= 0.3 is 0 Å². The van der Waals surface area contributed by atoms with Crippen molar-refractivity contribution in [1.29, 1.82) is 0 Å². The second-order valence-electron chi connectivity index (χ2n) is 13.9. The lowest BCUT2D eigenvalue weighted by atomic mass is 9.67. The van der Waals surface area contributed by atoms with Crippen molar-refractivity contribution < 1.29 is 9.53 Å². The molecule has 1 aromatic heterocycles. The zero-order chi connectivity index (χ0) is 32.2. The summed E-state index contributed by atoms with van der Waals surface area (Å²) in [5, 5.41) is 0. The highest BCUT2D eigenvalue weighted by atomic mass is 16.5. The van der Waals surface area contributed by atoms with Crippen molar-refractivity contribution >= 4 is 17.6 Å². The van der Waals surface area contributed by atoms with Crippen LogP contribution in [-0.4, -0.2) is 23.1 Å². The number of aromatic nitrogens is 1. The zero-order valence-corrected chi connectivity index (χ0v) is 27.7. The molecule has 0 N–H and O–H groups in total. The zero-order valence-electron chi connectivity index (χ0n) is 27.7. The average molecular weight is 623 g/mol. The quantitative estimate of drug-likeness (QED) is 0.289. The van der Waals surface area contributed by atoms with E-state index in [0.29, 0.717) is 11.7 Å². The number of aliphatic imine (C=N–C) groups is 1. The van der Waals surface area contributed by atoms with Crippen LogP contribution in [0.1, 0.15) is 104 Å². The second kappa shape index (κ2) is 13.8. The number of benzene rings is 1. The maximum Gasteiger partial charge on any atom is 0.169 e. The van der Waals surface area contributed by atoms with Gasteiger partial charge in [0.05, 0.1) is 18.1 Å². The monoisotopic (exact) mass is 622 g/mol. The molecule has 4 nitrogen and oxygen atoms in total. The molecular weight excluding hydrogens is 576 g/mol. The number of ether oxygens (including phenoxy) is 1. The Morgan fingerprint density at radius 1 is 1.04 bits per heavy atom. The summed E-state index contributed by atoms with van der Waals surface area (Å²) < 4.78 is 6.09. The normalized spacial score (nSPS) is 26.2. The number of carbonyl (C=O) groups is 1. The van der Waals surface area contributed by atoms with E-state index in [1.54, 1.807) is 0 Å². The Bertz CT molecular complexity index is 1770. The molecule has 3 heterocycles. The van der Waals surface area contributed by atoms with Crippen molar-refractivity contribution in [2.24, 2.45) is 16.3 Å². The van der Waals surface area contributed by atoms with Gasteiger partial charge in [-0.05, 0) is 136 Å². The van der Waals surface area contributed by atoms with E-state index >= 15 is 0 Å². The molecule has 240 valence electrons. The third-order valence-electron chi connectivity index (χ3n) is 11.0. The molecule has 2 aliphatic heterocycles. The summed E-state index contributed by atoms with van der Waals surface area (Å²) in [7, 11) is 0. The highest BCUT2D eigenvalue weighted by Gasteiger charge is 2.47. The number of nitrogens with zero attached hydrogens (tertiary/aromatic N) is 2.